The van der Waals surface area contributed by atoms with Crippen molar-refractivity contribution in [2.24, 2.45) is 0 Å². The van der Waals surface area contributed by atoms with Gasteiger partial charge in [-0.1, -0.05) is 0 Å². The zero-order chi connectivity index (χ0) is 23.4. The number of amides is 1. The third-order valence-corrected chi connectivity index (χ3v) is 5.77. The molecule has 3 aromatic rings. The highest BCUT2D eigenvalue weighted by molar-refractivity contribution is 5.97. The summed E-state index contributed by atoms with van der Waals surface area (Å²) in [5.74, 6) is -1.62. The molecule has 3 N–H and O–H groups in total. The highest BCUT2D eigenvalue weighted by Gasteiger charge is 2.41. The van der Waals surface area contributed by atoms with Crippen LogP contribution in [0.1, 0.15) is 41.1 Å². The maximum atomic E-state index is 13.1. The number of nitrogens with zero attached hydrogens (tertiary/aromatic N) is 3. The molecule has 170 valence electrons. The Labute approximate surface area is 178 Å². The number of nitrogens with one attached hydrogen (secondary N) is 2. The number of fused-ring (bicyclic) bond motifs is 1. The normalized spacial score (nSPS) is 21.8. The number of benzene rings is 1. The first-order chi connectivity index (χ1) is 14.9. The number of hydrogen-bond acceptors (Lipinski definition) is 5. The minimum atomic E-state index is -4.64. The number of carbonyl (C=O) groups is 1. The Balaban J connectivity index is 1.65. The van der Waals surface area contributed by atoms with Crippen LogP contribution < -0.4 is 11.2 Å². The second kappa shape index (κ2) is 7.33. The molecule has 1 saturated heterocycles. The van der Waals surface area contributed by atoms with Gasteiger partial charge in [0.05, 0.1) is 22.7 Å². The summed E-state index contributed by atoms with van der Waals surface area (Å²) >= 11 is 0. The van der Waals surface area contributed by atoms with Crippen LogP contribution in [0.5, 0.6) is 0 Å². The number of alkyl halides is 3. The van der Waals surface area contributed by atoms with E-state index < -0.39 is 40.8 Å². The molecule has 0 aliphatic carbocycles. The summed E-state index contributed by atoms with van der Waals surface area (Å²) in [5, 5.41) is 10.9. The number of imidazole rings is 1. The van der Waals surface area contributed by atoms with E-state index >= 15 is 0 Å². The van der Waals surface area contributed by atoms with Gasteiger partial charge >= 0.3 is 11.9 Å². The highest BCUT2D eigenvalue weighted by atomic mass is 19.4. The molecule has 0 saturated carbocycles. The molecule has 0 radical (unpaired) electrons. The maximum Gasteiger partial charge on any atom is 0.449 e. The number of aromatic amines is 2. The Kier molecular flexibility index (Phi) is 4.99. The topological polar surface area (TPSA) is 124 Å². The van der Waals surface area contributed by atoms with Crippen LogP contribution in [0.15, 0.2) is 34.0 Å². The lowest BCUT2D eigenvalue weighted by Gasteiger charge is -2.43. The molecule has 12 heteroatoms. The number of aromatic nitrogens is 4. The fourth-order valence-corrected chi connectivity index (χ4v) is 3.87. The van der Waals surface area contributed by atoms with E-state index in [4.69, 9.17) is 0 Å². The van der Waals surface area contributed by atoms with Gasteiger partial charge in [0.1, 0.15) is 0 Å². The van der Waals surface area contributed by atoms with E-state index in [1.807, 2.05) is 0 Å². The van der Waals surface area contributed by atoms with E-state index in [-0.39, 0.29) is 41.7 Å². The molecule has 0 unspecified atom stereocenters. The number of aryl methyl sites for hydroxylation is 1. The van der Waals surface area contributed by atoms with Crippen LogP contribution in [0.4, 0.5) is 13.2 Å². The Morgan fingerprint density at radius 1 is 1.28 bits per heavy atom. The molecule has 3 heterocycles. The lowest BCUT2D eigenvalue weighted by atomic mass is 9.87. The van der Waals surface area contributed by atoms with Crippen molar-refractivity contribution in [3.05, 3.63) is 62.2 Å². The zero-order valence-corrected chi connectivity index (χ0v) is 17.2. The van der Waals surface area contributed by atoms with Gasteiger partial charge in [-0.2, -0.15) is 13.2 Å². The van der Waals surface area contributed by atoms with Crippen molar-refractivity contribution in [3.63, 3.8) is 0 Å². The summed E-state index contributed by atoms with van der Waals surface area (Å²) in [4.78, 5) is 46.4. The average molecular weight is 451 g/mol. The molecule has 1 aromatic carbocycles. The van der Waals surface area contributed by atoms with Crippen molar-refractivity contribution in [3.8, 4) is 0 Å². The number of aliphatic hydroxyl groups is 1. The van der Waals surface area contributed by atoms with Gasteiger partial charge in [-0.25, -0.2) is 9.78 Å². The molecule has 0 bridgehead atoms. The van der Waals surface area contributed by atoms with Crippen LogP contribution in [0, 0.1) is 6.92 Å². The Morgan fingerprint density at radius 2 is 2.00 bits per heavy atom. The number of piperidine rings is 1. The number of carbonyl (C=O) groups excluding carboxylic acids is 1. The summed E-state index contributed by atoms with van der Waals surface area (Å²) in [5.41, 5.74) is -2.03. The standard InChI is InChI=1S/C20H20F3N5O4/c1-10-8-28(18(31)26-15(10)29)14-9-27(6-5-19(14,2)32)16(30)11-3-4-12-13(7-11)25-17(24-12)20(21,22)23/h3-4,7-8,14,32H,5-6,9H2,1-2H3,(H,24,25)(H,26,29,31)/t14-,19-/m1/s1. The number of halogens is 3. The molecule has 4 rings (SSSR count). The van der Waals surface area contributed by atoms with Crippen molar-refractivity contribution < 1.29 is 23.1 Å². The van der Waals surface area contributed by atoms with Gasteiger partial charge in [0.25, 0.3) is 11.5 Å². The largest absolute Gasteiger partial charge is 0.449 e. The van der Waals surface area contributed by atoms with Gasteiger partial charge in [0.15, 0.2) is 0 Å². The van der Waals surface area contributed by atoms with E-state index in [2.05, 4.69) is 15.0 Å². The Morgan fingerprint density at radius 3 is 2.69 bits per heavy atom. The third kappa shape index (κ3) is 3.81. The molecular formula is C20H20F3N5O4. The molecule has 1 aliphatic heterocycles. The van der Waals surface area contributed by atoms with Gasteiger partial charge in [0, 0.05) is 30.4 Å². The van der Waals surface area contributed by atoms with Crippen molar-refractivity contribution in [2.45, 2.75) is 38.1 Å². The molecule has 1 aliphatic rings. The molecule has 1 amide bonds. The smallest absolute Gasteiger partial charge is 0.388 e. The number of hydrogen-bond donors (Lipinski definition) is 3. The van der Waals surface area contributed by atoms with Gasteiger partial charge in [-0.15, -0.1) is 0 Å². The molecule has 1 fully saturated rings. The van der Waals surface area contributed by atoms with Crippen LogP contribution >= 0.6 is 0 Å². The molecule has 0 spiro atoms. The molecule has 2 aromatic heterocycles. The summed E-state index contributed by atoms with van der Waals surface area (Å²) in [6.07, 6.45) is -3.15. The predicted octanol–water partition coefficient (Wildman–Crippen LogP) is 1.58. The minimum absolute atomic E-state index is 0.0357. The molecular weight excluding hydrogens is 431 g/mol. The van der Waals surface area contributed by atoms with E-state index in [9.17, 15) is 32.7 Å². The quantitative estimate of drug-likeness (QED) is 0.546. The van der Waals surface area contributed by atoms with E-state index in [0.29, 0.717) is 0 Å². The van der Waals surface area contributed by atoms with Crippen LogP contribution in [0.3, 0.4) is 0 Å². The van der Waals surface area contributed by atoms with Gasteiger partial charge in [0.2, 0.25) is 5.82 Å². The second-order valence-electron chi connectivity index (χ2n) is 8.17. The summed E-state index contributed by atoms with van der Waals surface area (Å²) in [6.45, 7) is 3.20. The lowest BCUT2D eigenvalue weighted by molar-refractivity contribution is -0.144. The van der Waals surface area contributed by atoms with E-state index in [1.54, 1.807) is 6.92 Å². The number of H-pyrrole nitrogens is 2. The van der Waals surface area contributed by atoms with Crippen molar-refractivity contribution >= 4 is 16.9 Å². The van der Waals surface area contributed by atoms with Crippen molar-refractivity contribution in [2.75, 3.05) is 13.1 Å². The number of rotatable bonds is 2. The van der Waals surface area contributed by atoms with Crippen LogP contribution in [-0.2, 0) is 6.18 Å². The SMILES string of the molecule is Cc1cn([C@@H]2CN(C(=O)c3ccc4nc(C(F)(F)F)[nH]c4c3)CC[C@@]2(C)O)c(=O)[nH]c1=O. The van der Waals surface area contributed by atoms with Crippen molar-refractivity contribution in [1.82, 2.24) is 24.4 Å². The Bertz CT molecular complexity index is 1320. The molecule has 9 nitrogen and oxygen atoms in total. The van der Waals surface area contributed by atoms with Crippen LogP contribution in [0.2, 0.25) is 0 Å². The summed E-state index contributed by atoms with van der Waals surface area (Å²) in [6, 6.07) is 3.15. The van der Waals surface area contributed by atoms with Crippen LogP contribution in [-0.4, -0.2) is 54.1 Å². The van der Waals surface area contributed by atoms with Crippen LogP contribution in [0.25, 0.3) is 11.0 Å². The molecule has 2 atom stereocenters. The minimum Gasteiger partial charge on any atom is -0.388 e. The highest BCUT2D eigenvalue weighted by Crippen LogP contribution is 2.32. The molecule has 32 heavy (non-hydrogen) atoms. The first-order valence-corrected chi connectivity index (χ1v) is 9.77. The van der Waals surface area contributed by atoms with Crippen molar-refractivity contribution in [1.29, 1.82) is 0 Å². The summed E-state index contributed by atoms with van der Waals surface area (Å²) in [7, 11) is 0. The lowest BCUT2D eigenvalue weighted by Crippen LogP contribution is -2.55. The first kappa shape index (κ1) is 21.8. The monoisotopic (exact) mass is 451 g/mol. The van der Waals surface area contributed by atoms with E-state index in [0.717, 1.165) is 0 Å². The summed E-state index contributed by atoms with van der Waals surface area (Å²) < 4.78 is 39.9. The van der Waals surface area contributed by atoms with Gasteiger partial charge in [-0.05, 0) is 38.5 Å². The zero-order valence-electron chi connectivity index (χ0n) is 17.2. The fourth-order valence-electron chi connectivity index (χ4n) is 3.87. The fraction of sp³-hybridized carbons (Fsp3) is 0.400. The number of likely N-dealkylation sites (tertiary alicyclic amines) is 1. The second-order valence-corrected chi connectivity index (χ2v) is 8.17. The predicted molar refractivity (Wildman–Crippen MR) is 107 cm³/mol. The van der Waals surface area contributed by atoms with Gasteiger partial charge < -0.3 is 15.0 Å². The first-order valence-electron chi connectivity index (χ1n) is 9.77. The average Bonchev–Trinajstić information content (AvgIpc) is 3.14. The third-order valence-electron chi connectivity index (χ3n) is 5.77. The van der Waals surface area contributed by atoms with E-state index in [1.165, 1.54) is 40.8 Å². The maximum absolute atomic E-state index is 13.1. The van der Waals surface area contributed by atoms with Gasteiger partial charge in [-0.3, -0.25) is 19.1 Å². The Hall–Kier alpha value is -3.41.